The maximum Gasteiger partial charge on any atom is 0.295 e. The van der Waals surface area contributed by atoms with E-state index < -0.39 is 17.7 Å². The number of aliphatic hydroxyl groups is 1. The molecule has 0 aliphatic carbocycles. The number of rotatable bonds is 6. The summed E-state index contributed by atoms with van der Waals surface area (Å²) in [6, 6.07) is 14.0. The summed E-state index contributed by atoms with van der Waals surface area (Å²) >= 11 is 0. The fourth-order valence-corrected chi connectivity index (χ4v) is 4.86. The van der Waals surface area contributed by atoms with Crippen molar-refractivity contribution >= 4 is 28.4 Å². The number of aromatic nitrogens is 1. The molecule has 2 saturated heterocycles. The highest BCUT2D eigenvalue weighted by Crippen LogP contribution is 2.42. The highest BCUT2D eigenvalue weighted by molar-refractivity contribution is 6.46. The Hall–Kier alpha value is -3.58. The molecule has 2 aliphatic rings. The van der Waals surface area contributed by atoms with E-state index in [0.29, 0.717) is 24.5 Å². The first-order valence-electron chi connectivity index (χ1n) is 11.7. The molecular formula is C27H28N2O5. The molecule has 3 heterocycles. The van der Waals surface area contributed by atoms with Crippen molar-refractivity contribution in [3.63, 3.8) is 0 Å². The number of nitrogens with one attached hydrogen (secondary N) is 1. The molecule has 2 aromatic carbocycles. The monoisotopic (exact) mass is 460 g/mol. The Morgan fingerprint density at radius 1 is 1.21 bits per heavy atom. The van der Waals surface area contributed by atoms with Gasteiger partial charge in [0.05, 0.1) is 23.8 Å². The average Bonchev–Trinajstić information content (AvgIpc) is 3.54. The van der Waals surface area contributed by atoms with Crippen LogP contribution in [0.3, 0.4) is 0 Å². The normalized spacial score (nSPS) is 22.3. The molecule has 0 spiro atoms. The van der Waals surface area contributed by atoms with Gasteiger partial charge in [-0.2, -0.15) is 0 Å². The number of amides is 1. The number of H-pyrrole nitrogens is 1. The van der Waals surface area contributed by atoms with Gasteiger partial charge in [-0.25, -0.2) is 0 Å². The van der Waals surface area contributed by atoms with E-state index >= 15 is 0 Å². The number of hydrogen-bond acceptors (Lipinski definition) is 5. The minimum absolute atomic E-state index is 0.0411. The average molecular weight is 461 g/mol. The molecular weight excluding hydrogens is 432 g/mol. The van der Waals surface area contributed by atoms with E-state index in [2.05, 4.69) is 4.98 Å². The molecule has 3 aromatic rings. The first kappa shape index (κ1) is 22.2. The first-order chi connectivity index (χ1) is 16.4. The van der Waals surface area contributed by atoms with Gasteiger partial charge in [-0.1, -0.05) is 30.3 Å². The molecule has 7 nitrogen and oxygen atoms in total. The highest BCUT2D eigenvalue weighted by Gasteiger charge is 2.47. The van der Waals surface area contributed by atoms with Gasteiger partial charge in [0, 0.05) is 41.4 Å². The second kappa shape index (κ2) is 8.99. The van der Waals surface area contributed by atoms with E-state index in [1.807, 2.05) is 44.3 Å². The Bertz CT molecular complexity index is 1270. The quantitative estimate of drug-likeness (QED) is 0.320. The van der Waals surface area contributed by atoms with Crippen LogP contribution in [0.4, 0.5) is 0 Å². The van der Waals surface area contributed by atoms with Crippen molar-refractivity contribution < 1.29 is 24.2 Å². The molecule has 0 saturated carbocycles. The number of para-hydroxylation sites is 1. The van der Waals surface area contributed by atoms with E-state index in [1.54, 1.807) is 29.2 Å². The van der Waals surface area contributed by atoms with Gasteiger partial charge >= 0.3 is 0 Å². The minimum Gasteiger partial charge on any atom is -0.507 e. The summed E-state index contributed by atoms with van der Waals surface area (Å²) in [6.45, 7) is 4.78. The lowest BCUT2D eigenvalue weighted by molar-refractivity contribution is -0.140. The zero-order valence-corrected chi connectivity index (χ0v) is 19.3. The smallest absolute Gasteiger partial charge is 0.295 e. The van der Waals surface area contributed by atoms with E-state index in [9.17, 15) is 14.7 Å². The maximum atomic E-state index is 13.3. The Morgan fingerprint density at radius 2 is 2.03 bits per heavy atom. The number of hydrogen-bond donors (Lipinski definition) is 2. The third-order valence-electron chi connectivity index (χ3n) is 6.36. The fraction of sp³-hybridized carbons (Fsp3) is 0.333. The van der Waals surface area contributed by atoms with Gasteiger partial charge in [-0.15, -0.1) is 0 Å². The van der Waals surface area contributed by atoms with Crippen LogP contribution in [0.2, 0.25) is 0 Å². The van der Waals surface area contributed by atoms with E-state index in [-0.39, 0.29) is 23.5 Å². The Kier molecular flexibility index (Phi) is 5.87. The number of ether oxygens (including phenoxy) is 2. The second-order valence-corrected chi connectivity index (χ2v) is 9.07. The van der Waals surface area contributed by atoms with Crippen LogP contribution >= 0.6 is 0 Å². The maximum absolute atomic E-state index is 13.3. The van der Waals surface area contributed by atoms with Crippen molar-refractivity contribution in [1.82, 2.24) is 9.88 Å². The number of carbonyl (C=O) groups is 2. The molecule has 2 fully saturated rings. The summed E-state index contributed by atoms with van der Waals surface area (Å²) < 4.78 is 11.5. The number of fused-ring (bicyclic) bond motifs is 1. The summed E-state index contributed by atoms with van der Waals surface area (Å²) in [7, 11) is 0. The predicted octanol–water partition coefficient (Wildman–Crippen LogP) is 4.56. The molecule has 1 aromatic heterocycles. The zero-order valence-electron chi connectivity index (χ0n) is 19.3. The van der Waals surface area contributed by atoms with Gasteiger partial charge in [0.15, 0.2) is 0 Å². The number of aromatic amines is 1. The van der Waals surface area contributed by atoms with Crippen LogP contribution in [0.25, 0.3) is 16.7 Å². The Labute approximate surface area is 198 Å². The summed E-state index contributed by atoms with van der Waals surface area (Å²) in [5.41, 5.74) is 2.17. The second-order valence-electron chi connectivity index (χ2n) is 9.07. The first-order valence-corrected chi connectivity index (χ1v) is 11.7. The number of ketones is 1. The lowest BCUT2D eigenvalue weighted by Crippen LogP contribution is -2.36. The molecule has 176 valence electrons. The van der Waals surface area contributed by atoms with Gasteiger partial charge < -0.3 is 24.5 Å². The number of aliphatic hydroxyl groups excluding tert-OH is 1. The van der Waals surface area contributed by atoms with Crippen molar-refractivity contribution in [2.45, 2.75) is 44.9 Å². The molecule has 2 aliphatic heterocycles. The number of carbonyl (C=O) groups excluding carboxylic acids is 2. The highest BCUT2D eigenvalue weighted by atomic mass is 16.5. The minimum atomic E-state index is -0.727. The van der Waals surface area contributed by atoms with Gasteiger partial charge in [-0.3, -0.25) is 9.59 Å². The summed E-state index contributed by atoms with van der Waals surface area (Å²) in [5, 5.41) is 12.3. The zero-order chi connectivity index (χ0) is 23.8. The third-order valence-corrected chi connectivity index (χ3v) is 6.36. The van der Waals surface area contributed by atoms with Crippen molar-refractivity contribution in [3.8, 4) is 5.75 Å². The van der Waals surface area contributed by atoms with Crippen LogP contribution in [-0.4, -0.2) is 52.0 Å². The summed E-state index contributed by atoms with van der Waals surface area (Å²) in [5.74, 6) is -0.947. The number of likely N-dealkylation sites (tertiary alicyclic amines) is 1. The van der Waals surface area contributed by atoms with Crippen molar-refractivity contribution in [2.75, 3.05) is 13.2 Å². The van der Waals surface area contributed by atoms with Gasteiger partial charge in [0.25, 0.3) is 11.7 Å². The van der Waals surface area contributed by atoms with E-state index in [4.69, 9.17) is 9.47 Å². The standard InChI is InChI=1S/C27H28N2O5/c1-16(2)34-18-8-5-7-17(13-18)25(30)23-24(21-14-28-22-11-4-3-10-20(21)22)29(27(32)26(23)31)15-19-9-6-12-33-19/h3-5,7-8,10-11,13-14,16,19,24,28,30H,6,9,12,15H2,1-2H3/b25-23+. The fourth-order valence-electron chi connectivity index (χ4n) is 4.86. The van der Waals surface area contributed by atoms with Crippen LogP contribution in [0.1, 0.15) is 43.9 Å². The predicted molar refractivity (Wildman–Crippen MR) is 128 cm³/mol. The van der Waals surface area contributed by atoms with Gasteiger partial charge in [0.2, 0.25) is 0 Å². The van der Waals surface area contributed by atoms with Crippen molar-refractivity contribution in [3.05, 3.63) is 71.4 Å². The lowest BCUT2D eigenvalue weighted by atomic mass is 9.94. The van der Waals surface area contributed by atoms with E-state index in [1.165, 1.54) is 0 Å². The van der Waals surface area contributed by atoms with Gasteiger partial charge in [0.1, 0.15) is 11.5 Å². The number of benzene rings is 2. The Morgan fingerprint density at radius 3 is 2.79 bits per heavy atom. The molecule has 5 rings (SSSR count). The van der Waals surface area contributed by atoms with E-state index in [0.717, 1.165) is 29.3 Å². The SMILES string of the molecule is CC(C)Oc1cccc(/C(O)=C2\C(=O)C(=O)N(CC3CCCO3)C2c2c[nH]c3ccccc23)c1. The number of Topliss-reactive ketones (excluding diaryl/α,β-unsaturated/α-hetero) is 1. The van der Waals surface area contributed by atoms with Crippen LogP contribution in [0.15, 0.2) is 60.3 Å². The third kappa shape index (κ3) is 3.96. The summed E-state index contributed by atoms with van der Waals surface area (Å²) in [4.78, 5) is 31.3. The van der Waals surface area contributed by atoms with Gasteiger partial charge in [-0.05, 0) is 44.9 Å². The van der Waals surface area contributed by atoms with Crippen LogP contribution in [-0.2, 0) is 14.3 Å². The molecule has 34 heavy (non-hydrogen) atoms. The molecule has 2 atom stereocenters. The van der Waals surface area contributed by atoms with Crippen LogP contribution in [0.5, 0.6) is 5.75 Å². The van der Waals surface area contributed by atoms with Crippen molar-refractivity contribution in [2.24, 2.45) is 0 Å². The molecule has 0 radical (unpaired) electrons. The summed E-state index contributed by atoms with van der Waals surface area (Å²) in [6.07, 6.45) is 3.40. The largest absolute Gasteiger partial charge is 0.507 e. The van der Waals surface area contributed by atoms with Crippen LogP contribution in [0, 0.1) is 0 Å². The lowest BCUT2D eigenvalue weighted by Gasteiger charge is -2.27. The topological polar surface area (TPSA) is 91.9 Å². The molecule has 1 amide bonds. The molecule has 2 N–H and O–H groups in total. The van der Waals surface area contributed by atoms with Crippen LogP contribution < -0.4 is 4.74 Å². The Balaban J connectivity index is 1.64. The molecule has 7 heteroatoms. The molecule has 2 unspecified atom stereocenters. The number of nitrogens with zero attached hydrogens (tertiary/aromatic N) is 1. The molecule has 0 bridgehead atoms. The van der Waals surface area contributed by atoms with Crippen molar-refractivity contribution in [1.29, 1.82) is 0 Å².